The van der Waals surface area contributed by atoms with Gasteiger partial charge in [-0.25, -0.2) is 0 Å². The van der Waals surface area contributed by atoms with Crippen molar-refractivity contribution in [2.45, 2.75) is 294 Å². The Morgan fingerprint density at radius 2 is 0.720 bits per heavy atom. The van der Waals surface area contributed by atoms with Crippen LogP contribution >= 0.6 is 0 Å². The van der Waals surface area contributed by atoms with E-state index in [0.717, 1.165) is 49.9 Å². The Hall–Kier alpha value is -3.56. The molecule has 2 saturated carbocycles. The van der Waals surface area contributed by atoms with Gasteiger partial charge in [-0.05, 0) is 252 Å². The highest BCUT2D eigenvalue weighted by molar-refractivity contribution is 6.40. The van der Waals surface area contributed by atoms with E-state index in [9.17, 15) is 31.6 Å². The average Bonchev–Trinajstić information content (AvgIpc) is 1.63. The molecule has 10 atom stereocenters. The summed E-state index contributed by atoms with van der Waals surface area (Å²) in [5.74, 6) is 6.55. The molecule has 0 spiro atoms. The van der Waals surface area contributed by atoms with Crippen molar-refractivity contribution < 1.29 is 45.8 Å². The normalized spacial score (nSPS) is 19.5. The number of carbonyl (C=O) groups is 2. The predicted molar refractivity (Wildman–Crippen MR) is 439 cm³/mol. The van der Waals surface area contributed by atoms with Gasteiger partial charge in [0.15, 0.2) is 0 Å². The van der Waals surface area contributed by atoms with Crippen molar-refractivity contribution in [2.75, 3.05) is 14.2 Å². The maximum atomic E-state index is 11.5. The third-order valence-corrected chi connectivity index (χ3v) is 17.6. The third kappa shape index (κ3) is 58.8. The van der Waals surface area contributed by atoms with Gasteiger partial charge >= 0.3 is 5.97 Å². The molecule has 0 heterocycles. The Kier molecular flexibility index (Phi) is 58.7. The molecule has 0 aromatic heterocycles. The molecule has 2 aliphatic carbocycles. The summed E-state index contributed by atoms with van der Waals surface area (Å²) in [5, 5.41) is 0. The first kappa shape index (κ1) is 105. The van der Waals surface area contributed by atoms with Gasteiger partial charge in [0, 0.05) is 6.42 Å². The maximum absolute atomic E-state index is 11.5. The van der Waals surface area contributed by atoms with E-state index < -0.39 is 52.1 Å². The molecule has 2 fully saturated rings. The van der Waals surface area contributed by atoms with E-state index in [0.29, 0.717) is 65.1 Å². The standard InChI is InChI=1S/C36H58O2.C34H56.C2H4O2.6C2H6OSi/c1-34(2,3)28(23-22-27-18-14-13-15-19-27)24-25-30-29(20-16-11-12-17-21-33(37)38-10)31(35(4,5)6)26-32(30)36(7,8)9;1-11-12-13-17-20-28-29(31(34(8,9)10)25-30(28)33(5,6)7)24-23-27(32(2,3)4)22-21-26-18-15-14-16-19-26;1-4-2-3;6*1-4(2)3/h11,13-16,18-19,24-25,28-32H,12,17,20-23,26H2,1-10H3;13-19,23-24,27-31H,11-12,20-22,25H2,1-10H3;2H,1H3;6*1-2H3/b16-11-,25-24+;17-13+,24-23+;;;;;;;/t28-,29+,30+,31-,32+;27-,28+,29+,30-,31+;;;;;;;/m00......./s1. The highest BCUT2D eigenvalue weighted by Gasteiger charge is 2.51. The van der Waals surface area contributed by atoms with Crippen molar-refractivity contribution in [3.8, 4) is 0 Å². The number of esters is 1. The Labute approximate surface area is 626 Å². The number of ether oxygens (including phenoxy) is 2. The summed E-state index contributed by atoms with van der Waals surface area (Å²) in [6, 6.07) is 22.0. The smallest absolute Gasteiger partial charge is 0.305 e. The Morgan fingerprint density at radius 3 is 0.950 bits per heavy atom. The van der Waals surface area contributed by atoms with Crippen LogP contribution in [0.2, 0.25) is 78.6 Å². The van der Waals surface area contributed by atoms with E-state index in [1.54, 1.807) is 78.6 Å². The zero-order valence-corrected chi connectivity index (χ0v) is 76.5. The monoisotopic (exact) mass is 1490 g/mol. The van der Waals surface area contributed by atoms with Crippen molar-refractivity contribution in [3.05, 3.63) is 120 Å². The SMILES string of the molecule is CCC/C=C/C[C@@H]1[C@@H](/C=C/[C@H](CCc2ccccc2)C(C)(C)C)[C@H](C(C)(C)C)C[C@@H]1C(C)(C)C.COC(=O)CCC/C=C\C[C@@H]1[C@@H](/C=C/[C@H](CCc2ccccc2)C(C)(C)C)[C@H](C(C)(C)C)C[C@@H]1C(C)(C)C.COC=O.C[Si](C)=O.C[Si](C)=O.C[Si](C)=O.C[Si](C)=O.C[Si](C)=O.C[Si](C)=O. The second-order valence-electron chi connectivity index (χ2n) is 35.1. The van der Waals surface area contributed by atoms with Gasteiger partial charge in [-0.3, -0.25) is 9.59 Å². The lowest BCUT2D eigenvalue weighted by Crippen LogP contribution is -2.27. The third-order valence-electron chi connectivity index (χ3n) is 17.6. The van der Waals surface area contributed by atoms with Gasteiger partial charge in [0.1, 0.15) is 0 Å². The zero-order chi connectivity index (χ0) is 79.0. The molecule has 0 radical (unpaired) electrons. The molecule has 0 aliphatic heterocycles. The van der Waals surface area contributed by atoms with Crippen LogP contribution in [0.15, 0.2) is 109 Å². The summed E-state index contributed by atoms with van der Waals surface area (Å²) in [4.78, 5) is 20.4. The number of unbranched alkanes of at least 4 members (excludes halogenated alkanes) is 2. The summed E-state index contributed by atoms with van der Waals surface area (Å²) in [7, 11) is -4.00. The lowest BCUT2D eigenvalue weighted by molar-refractivity contribution is -0.140. The molecule has 100 heavy (non-hydrogen) atoms. The maximum Gasteiger partial charge on any atom is 0.305 e. The molecule has 4 rings (SSSR count). The van der Waals surface area contributed by atoms with Crippen LogP contribution in [0.3, 0.4) is 0 Å². The number of rotatable bonds is 21. The van der Waals surface area contributed by atoms with Gasteiger partial charge in [-0.15, -0.1) is 0 Å². The second-order valence-corrected chi connectivity index (χ2v) is 46.0. The topological polar surface area (TPSA) is 155 Å². The highest BCUT2D eigenvalue weighted by Crippen LogP contribution is 2.58. The summed E-state index contributed by atoms with van der Waals surface area (Å²) in [6.07, 6.45) is 34.7. The number of carbonyl (C=O) groups excluding carboxylic acids is 2. The highest BCUT2D eigenvalue weighted by atomic mass is 28.3. The van der Waals surface area contributed by atoms with Gasteiger partial charge < -0.3 is 36.2 Å². The quantitative estimate of drug-likeness (QED) is 0.0388. The first-order chi connectivity index (χ1) is 45.7. The summed E-state index contributed by atoms with van der Waals surface area (Å²) < 4.78 is 66.4. The summed E-state index contributed by atoms with van der Waals surface area (Å²) in [6.45, 7) is 67.2. The lowest BCUT2D eigenvalue weighted by atomic mass is 9.70. The van der Waals surface area contributed by atoms with Gasteiger partial charge in [-0.2, -0.15) is 0 Å². The minimum atomic E-state index is -1.13. The minimum absolute atomic E-state index is 0.110. The summed E-state index contributed by atoms with van der Waals surface area (Å²) in [5.41, 5.74) is 4.66. The van der Waals surface area contributed by atoms with Crippen LogP contribution in [0.1, 0.15) is 213 Å². The van der Waals surface area contributed by atoms with Crippen LogP contribution in [0, 0.1) is 91.7 Å². The van der Waals surface area contributed by atoms with Gasteiger partial charge in [0.05, 0.1) is 14.2 Å². The second kappa shape index (κ2) is 55.9. The first-order valence-electron chi connectivity index (χ1n) is 37.3. The zero-order valence-electron chi connectivity index (χ0n) is 70.5. The van der Waals surface area contributed by atoms with Gasteiger partial charge in [0.25, 0.3) is 58.6 Å². The largest absolute Gasteiger partial charge is 0.471 e. The molecule has 2 aromatic rings. The van der Waals surface area contributed by atoms with E-state index in [1.807, 2.05) is 0 Å². The van der Waals surface area contributed by atoms with Crippen molar-refractivity contribution in [3.63, 3.8) is 0 Å². The van der Waals surface area contributed by atoms with Crippen LogP contribution in [0.5, 0.6) is 0 Å². The van der Waals surface area contributed by atoms with Crippen LogP contribution in [-0.4, -0.2) is 78.8 Å². The summed E-state index contributed by atoms with van der Waals surface area (Å²) >= 11 is 0. The number of hydrogen-bond donors (Lipinski definition) is 0. The van der Waals surface area contributed by atoms with E-state index in [1.165, 1.54) is 70.3 Å². The van der Waals surface area contributed by atoms with Crippen molar-refractivity contribution in [1.29, 1.82) is 0 Å². The molecule has 574 valence electrons. The average molecular weight is 1490 g/mol. The van der Waals surface area contributed by atoms with Gasteiger partial charge in [-0.1, -0.05) is 247 Å². The molecular weight excluding hydrogens is 1340 g/mol. The minimum Gasteiger partial charge on any atom is -0.471 e. The number of methoxy groups -OCH3 is 2. The molecule has 0 saturated heterocycles. The van der Waals surface area contributed by atoms with E-state index in [-0.39, 0.29) is 27.6 Å². The number of allylic oxidation sites excluding steroid dienone is 8. The molecule has 0 bridgehead atoms. The van der Waals surface area contributed by atoms with E-state index >= 15 is 0 Å². The fraction of sp³-hybridized carbons (Fsp3) is 0.738. The van der Waals surface area contributed by atoms with Crippen LogP contribution in [0.25, 0.3) is 0 Å². The molecular formula is C84H154O10Si6. The van der Waals surface area contributed by atoms with Crippen LogP contribution < -0.4 is 0 Å². The Bertz CT molecular complexity index is 2560. The van der Waals surface area contributed by atoms with Crippen LogP contribution in [-0.2, 0) is 58.7 Å². The molecule has 0 amide bonds. The molecule has 16 heteroatoms. The Balaban J connectivity index is -0.000000436. The van der Waals surface area contributed by atoms with Gasteiger partial charge in [0.2, 0.25) is 0 Å². The fourth-order valence-corrected chi connectivity index (χ4v) is 12.9. The molecule has 2 aliphatic rings. The van der Waals surface area contributed by atoms with Crippen molar-refractivity contribution in [1.82, 2.24) is 0 Å². The predicted octanol–water partition coefficient (Wildman–Crippen LogP) is 24.4. The van der Waals surface area contributed by atoms with E-state index in [4.69, 9.17) is 9.53 Å². The fourth-order valence-electron chi connectivity index (χ4n) is 12.9. The molecule has 0 N–H and O–H groups in total. The molecule has 0 unspecified atom stereocenters. The Morgan fingerprint density at radius 1 is 0.450 bits per heavy atom. The van der Waals surface area contributed by atoms with Crippen molar-refractivity contribution >= 4 is 64.5 Å². The number of benzene rings is 2. The van der Waals surface area contributed by atoms with Crippen LogP contribution in [0.4, 0.5) is 0 Å². The number of aryl methyl sites for hydroxylation is 2. The first-order valence-corrected chi connectivity index (χ1v) is 51.8. The van der Waals surface area contributed by atoms with E-state index in [2.05, 4.69) is 246 Å². The number of hydrogen-bond acceptors (Lipinski definition) is 10. The lowest BCUT2D eigenvalue weighted by Gasteiger charge is -2.35. The molecule has 2 aromatic carbocycles. The molecule has 10 nitrogen and oxygen atoms in total. The van der Waals surface area contributed by atoms with Crippen molar-refractivity contribution in [2.24, 2.45) is 91.7 Å².